The van der Waals surface area contributed by atoms with Crippen LogP contribution in [-0.2, 0) is 9.59 Å². The Morgan fingerprint density at radius 3 is 2.48 bits per heavy atom. The SMILES string of the molecule is Cc1ccc(Sc2oc(/C=C3\C(=O)NC(=S)N(c4ccc(Cl)cc4)C3=O)cc2Br)cc1. The van der Waals surface area contributed by atoms with E-state index in [1.165, 1.54) is 28.3 Å². The lowest BCUT2D eigenvalue weighted by atomic mass is 10.1. The number of hydrogen-bond donors (Lipinski definition) is 1. The van der Waals surface area contributed by atoms with Gasteiger partial charge in [0.25, 0.3) is 11.8 Å². The second-order valence-electron chi connectivity index (χ2n) is 6.63. The minimum absolute atomic E-state index is 0.00529. The summed E-state index contributed by atoms with van der Waals surface area (Å²) in [7, 11) is 0. The van der Waals surface area contributed by atoms with Crippen molar-refractivity contribution in [2.24, 2.45) is 0 Å². The van der Waals surface area contributed by atoms with Crippen LogP contribution in [-0.4, -0.2) is 16.9 Å². The number of rotatable bonds is 4. The van der Waals surface area contributed by atoms with Crippen LogP contribution in [0.2, 0.25) is 5.02 Å². The Bertz CT molecular complexity index is 1220. The first-order valence-electron chi connectivity index (χ1n) is 9.03. The number of nitrogens with one attached hydrogen (secondary N) is 1. The molecule has 4 rings (SSSR count). The molecule has 2 heterocycles. The number of benzene rings is 2. The number of carbonyl (C=O) groups is 2. The molecular weight excluding hydrogens is 520 g/mol. The summed E-state index contributed by atoms with van der Waals surface area (Å²) in [5.41, 5.74) is 1.58. The van der Waals surface area contributed by atoms with E-state index in [0.717, 1.165) is 9.37 Å². The molecule has 1 N–H and O–H groups in total. The molecule has 2 amide bonds. The highest BCUT2D eigenvalue weighted by Gasteiger charge is 2.34. The Hall–Kier alpha value is -2.39. The van der Waals surface area contributed by atoms with Gasteiger partial charge in [0, 0.05) is 9.92 Å². The smallest absolute Gasteiger partial charge is 0.270 e. The van der Waals surface area contributed by atoms with Gasteiger partial charge in [-0.3, -0.25) is 19.8 Å². The van der Waals surface area contributed by atoms with Gasteiger partial charge in [0.1, 0.15) is 11.3 Å². The molecule has 0 unspecified atom stereocenters. The van der Waals surface area contributed by atoms with E-state index in [-0.39, 0.29) is 10.7 Å². The lowest BCUT2D eigenvalue weighted by molar-refractivity contribution is -0.122. The molecule has 0 atom stereocenters. The van der Waals surface area contributed by atoms with Gasteiger partial charge < -0.3 is 4.42 Å². The van der Waals surface area contributed by atoms with Crippen molar-refractivity contribution in [3.05, 3.63) is 81.0 Å². The molecule has 3 aromatic rings. The quantitative estimate of drug-likeness (QED) is 0.254. The zero-order valence-electron chi connectivity index (χ0n) is 16.0. The highest BCUT2D eigenvalue weighted by atomic mass is 79.9. The average molecular weight is 534 g/mol. The Morgan fingerprint density at radius 2 is 1.81 bits per heavy atom. The van der Waals surface area contributed by atoms with Gasteiger partial charge in [-0.05, 0) is 83.6 Å². The predicted molar refractivity (Wildman–Crippen MR) is 129 cm³/mol. The fourth-order valence-electron chi connectivity index (χ4n) is 2.85. The monoisotopic (exact) mass is 532 g/mol. The van der Waals surface area contributed by atoms with Gasteiger partial charge in [0.2, 0.25) is 0 Å². The number of hydrogen-bond acceptors (Lipinski definition) is 5. The van der Waals surface area contributed by atoms with Crippen LogP contribution in [0.3, 0.4) is 0 Å². The molecule has 2 aromatic carbocycles. The van der Waals surface area contributed by atoms with E-state index in [4.69, 9.17) is 28.2 Å². The zero-order valence-corrected chi connectivity index (χ0v) is 20.0. The molecule has 9 heteroatoms. The van der Waals surface area contributed by atoms with Crippen LogP contribution in [0.15, 0.2) is 79.0 Å². The first-order valence-corrected chi connectivity index (χ1v) is 11.4. The van der Waals surface area contributed by atoms with E-state index in [1.54, 1.807) is 30.3 Å². The second-order valence-corrected chi connectivity index (χ2v) is 9.36. The van der Waals surface area contributed by atoms with E-state index in [9.17, 15) is 9.59 Å². The van der Waals surface area contributed by atoms with Crippen molar-refractivity contribution in [3.63, 3.8) is 0 Å². The summed E-state index contributed by atoms with van der Waals surface area (Å²) in [6.07, 6.45) is 1.41. The van der Waals surface area contributed by atoms with Crippen LogP contribution in [0.1, 0.15) is 11.3 Å². The van der Waals surface area contributed by atoms with Gasteiger partial charge in [-0.15, -0.1) is 0 Å². The van der Waals surface area contributed by atoms with Crippen molar-refractivity contribution in [2.45, 2.75) is 16.9 Å². The van der Waals surface area contributed by atoms with Crippen LogP contribution in [0.5, 0.6) is 0 Å². The molecule has 31 heavy (non-hydrogen) atoms. The maximum absolute atomic E-state index is 13.1. The molecule has 5 nitrogen and oxygen atoms in total. The minimum atomic E-state index is -0.583. The lowest BCUT2D eigenvalue weighted by Gasteiger charge is -2.28. The maximum atomic E-state index is 13.1. The largest absolute Gasteiger partial charge is 0.449 e. The summed E-state index contributed by atoms with van der Waals surface area (Å²) in [5, 5.41) is 3.69. The summed E-state index contributed by atoms with van der Waals surface area (Å²) in [5.74, 6) is -0.763. The number of furan rings is 1. The van der Waals surface area contributed by atoms with E-state index in [0.29, 0.717) is 21.6 Å². The second kappa shape index (κ2) is 9.00. The number of thiocarbonyl (C=S) groups is 1. The van der Waals surface area contributed by atoms with E-state index < -0.39 is 11.8 Å². The molecule has 0 radical (unpaired) electrons. The fourth-order valence-corrected chi connectivity index (χ4v) is 4.58. The van der Waals surface area contributed by atoms with Gasteiger partial charge in [0.05, 0.1) is 10.2 Å². The minimum Gasteiger partial charge on any atom is -0.449 e. The fraction of sp³-hybridized carbons (Fsp3) is 0.0455. The summed E-state index contributed by atoms with van der Waals surface area (Å²) >= 11 is 16.0. The molecule has 1 fully saturated rings. The topological polar surface area (TPSA) is 62.6 Å². The van der Waals surface area contributed by atoms with Crippen LogP contribution < -0.4 is 10.2 Å². The van der Waals surface area contributed by atoms with E-state index >= 15 is 0 Å². The molecular formula is C22H14BrClN2O3S2. The van der Waals surface area contributed by atoms with Gasteiger partial charge in [-0.1, -0.05) is 41.1 Å². The lowest BCUT2D eigenvalue weighted by Crippen LogP contribution is -2.54. The Labute approximate surface area is 201 Å². The Balaban J connectivity index is 1.63. The molecule has 1 aliphatic heterocycles. The number of anilines is 1. The molecule has 1 aromatic heterocycles. The molecule has 1 saturated heterocycles. The Morgan fingerprint density at radius 1 is 1.13 bits per heavy atom. The van der Waals surface area contributed by atoms with Crippen molar-refractivity contribution < 1.29 is 14.0 Å². The third-order valence-corrected chi connectivity index (χ3v) is 6.76. The van der Waals surface area contributed by atoms with E-state index in [2.05, 4.69) is 21.2 Å². The summed E-state index contributed by atoms with van der Waals surface area (Å²) < 4.78 is 6.59. The van der Waals surface area contributed by atoms with Gasteiger partial charge in [-0.25, -0.2) is 0 Å². The highest BCUT2D eigenvalue weighted by Crippen LogP contribution is 2.37. The zero-order chi connectivity index (χ0) is 22.1. The first-order chi connectivity index (χ1) is 14.8. The van der Waals surface area contributed by atoms with E-state index in [1.807, 2.05) is 31.2 Å². The van der Waals surface area contributed by atoms with Crippen molar-refractivity contribution in [1.82, 2.24) is 5.32 Å². The molecule has 1 aliphatic rings. The molecule has 0 bridgehead atoms. The predicted octanol–water partition coefficient (Wildman–Crippen LogP) is 5.99. The van der Waals surface area contributed by atoms with Crippen LogP contribution in [0, 0.1) is 6.92 Å². The Kier molecular flexibility index (Phi) is 6.34. The number of carbonyl (C=O) groups excluding carboxylic acids is 2. The molecule has 0 aliphatic carbocycles. The molecule has 0 spiro atoms. The van der Waals surface area contributed by atoms with Crippen LogP contribution >= 0.6 is 51.5 Å². The van der Waals surface area contributed by atoms with Gasteiger partial charge in [-0.2, -0.15) is 0 Å². The van der Waals surface area contributed by atoms with Gasteiger partial charge in [0.15, 0.2) is 10.2 Å². The number of nitrogens with zero attached hydrogens (tertiary/aromatic N) is 1. The van der Waals surface area contributed by atoms with Crippen LogP contribution in [0.25, 0.3) is 6.08 Å². The number of amides is 2. The number of aryl methyl sites for hydroxylation is 1. The van der Waals surface area contributed by atoms with Gasteiger partial charge >= 0.3 is 0 Å². The van der Waals surface area contributed by atoms with Crippen molar-refractivity contribution in [3.8, 4) is 0 Å². The summed E-state index contributed by atoms with van der Waals surface area (Å²) in [4.78, 5) is 27.8. The van der Waals surface area contributed by atoms with Crippen LogP contribution in [0.4, 0.5) is 5.69 Å². The highest BCUT2D eigenvalue weighted by molar-refractivity contribution is 9.10. The molecule has 156 valence electrons. The molecule has 0 saturated carbocycles. The normalized spacial score (nSPS) is 15.5. The average Bonchev–Trinajstić information content (AvgIpc) is 3.07. The third kappa shape index (κ3) is 4.77. The maximum Gasteiger partial charge on any atom is 0.270 e. The van der Waals surface area contributed by atoms with Crippen molar-refractivity contribution in [2.75, 3.05) is 4.90 Å². The summed E-state index contributed by atoms with van der Waals surface area (Å²) in [6, 6.07) is 16.3. The third-order valence-electron chi connectivity index (χ3n) is 4.38. The number of halogens is 2. The standard InChI is InChI=1S/C22H14BrClN2O3S2/c1-12-2-8-16(9-3-12)31-21-18(23)11-15(29-21)10-17-19(27)25-22(30)26(20(17)28)14-6-4-13(24)5-7-14/h2-11H,1H3,(H,25,27,30)/b17-10+. The van der Waals surface area contributed by atoms with Crippen molar-refractivity contribution >= 4 is 80.2 Å². The summed E-state index contributed by atoms with van der Waals surface area (Å²) in [6.45, 7) is 2.02. The first kappa shape index (κ1) is 21.8. The van der Waals surface area contributed by atoms with Crippen molar-refractivity contribution in [1.29, 1.82) is 0 Å².